The maximum atomic E-state index is 2.63. The molecular weight excluding hydrogens is 687 g/mol. The van der Waals surface area contributed by atoms with Gasteiger partial charge in [-0.15, -0.1) is 11.3 Å². The third-order valence-electron chi connectivity index (χ3n) is 12.5. The molecule has 0 radical (unpaired) electrons. The number of hydrogen-bond donors (Lipinski definition) is 0. The maximum absolute atomic E-state index is 2.63. The first kappa shape index (κ1) is 29.8. The third-order valence-corrected chi connectivity index (χ3v) is 13.7. The molecule has 2 aliphatic heterocycles. The summed E-state index contributed by atoms with van der Waals surface area (Å²) < 4.78 is 10.2. The van der Waals surface area contributed by atoms with Crippen LogP contribution in [0.1, 0.15) is 29.5 Å². The quantitative estimate of drug-likeness (QED) is 0.150. The fraction of sp³-hybridized carbons (Fsp3) is 0.0588. The summed E-state index contributed by atoms with van der Waals surface area (Å²) in [7, 11) is 0. The summed E-state index contributed by atoms with van der Waals surface area (Å²) in [6.07, 6.45) is 10.1. The third kappa shape index (κ3) is 3.99. The number of fused-ring (bicyclic) bond motifs is 20. The van der Waals surface area contributed by atoms with Gasteiger partial charge in [0.15, 0.2) is 24.6 Å². The van der Waals surface area contributed by atoms with Gasteiger partial charge < -0.3 is 4.40 Å². The molecule has 2 aliphatic rings. The van der Waals surface area contributed by atoms with E-state index in [-0.39, 0.29) is 12.0 Å². The number of aromatic nitrogens is 3. The largest absolute Gasteiger partial charge is 0.307 e. The van der Waals surface area contributed by atoms with Crippen molar-refractivity contribution < 1.29 is 9.13 Å². The molecule has 0 saturated heterocycles. The van der Waals surface area contributed by atoms with Gasteiger partial charge in [-0.3, -0.25) is 0 Å². The lowest BCUT2D eigenvalue weighted by Crippen LogP contribution is -2.48. The Morgan fingerprint density at radius 3 is 2.22 bits per heavy atom. The van der Waals surface area contributed by atoms with Crippen molar-refractivity contribution in [3.8, 4) is 33.6 Å². The molecule has 4 heteroatoms. The molecule has 0 fully saturated rings. The zero-order valence-corrected chi connectivity index (χ0v) is 30.7. The Labute approximate surface area is 321 Å². The highest BCUT2D eigenvalue weighted by molar-refractivity contribution is 7.26. The van der Waals surface area contributed by atoms with Gasteiger partial charge in [-0.25, -0.2) is 0 Å². The normalized spacial score (nSPS) is 16.8. The standard InChI is InChI=1S/C51H33N3S/c1-2-13-31(14-3-1)32-27-41-37-22-23-38-35-17-6-7-21-47(35)55-51(38)50(37)54-46-30-43-39(29-40(46)42(28-32)49(41)54)44-19-8-10-24-52(44)25-12-18-36-33-15-4-5-16-34(33)45-20-9-11-26-53(45)48(36)43/h1-17,19-30,36,48H,18H2/q+2/b25-12+. The second-order valence-electron chi connectivity index (χ2n) is 15.3. The van der Waals surface area contributed by atoms with Gasteiger partial charge in [0.25, 0.3) is 0 Å². The van der Waals surface area contributed by atoms with E-state index in [0.717, 1.165) is 6.42 Å². The average Bonchev–Trinajstić information content (AvgIpc) is 3.91. The molecule has 0 N–H and O–H groups in total. The van der Waals surface area contributed by atoms with Crippen LogP contribution in [0.15, 0.2) is 170 Å². The van der Waals surface area contributed by atoms with E-state index in [1.54, 1.807) is 0 Å². The van der Waals surface area contributed by atoms with Gasteiger partial charge in [-0.1, -0.05) is 78.9 Å². The Kier molecular flexibility index (Phi) is 5.94. The van der Waals surface area contributed by atoms with Gasteiger partial charge in [0.1, 0.15) is 0 Å². The predicted molar refractivity (Wildman–Crippen MR) is 228 cm³/mol. The Morgan fingerprint density at radius 2 is 1.29 bits per heavy atom. The van der Waals surface area contributed by atoms with E-state index >= 15 is 0 Å². The average molecular weight is 720 g/mol. The van der Waals surface area contributed by atoms with Crippen molar-refractivity contribution in [1.82, 2.24) is 4.40 Å². The first-order valence-corrected chi connectivity index (χ1v) is 20.0. The van der Waals surface area contributed by atoms with Gasteiger partial charge in [0.2, 0.25) is 11.4 Å². The van der Waals surface area contributed by atoms with Crippen molar-refractivity contribution in [3.63, 3.8) is 0 Å². The van der Waals surface area contributed by atoms with E-state index in [2.05, 4.69) is 190 Å². The van der Waals surface area contributed by atoms with Crippen LogP contribution < -0.4 is 9.13 Å². The van der Waals surface area contributed by atoms with Crippen LogP contribution in [-0.2, 0) is 0 Å². The summed E-state index contributed by atoms with van der Waals surface area (Å²) >= 11 is 1.93. The highest BCUT2D eigenvalue weighted by atomic mass is 32.1. The van der Waals surface area contributed by atoms with Crippen LogP contribution in [0.25, 0.3) is 98.1 Å². The van der Waals surface area contributed by atoms with E-state index in [1.165, 1.54) is 103 Å². The zero-order valence-electron chi connectivity index (χ0n) is 29.9. The number of pyridine rings is 2. The van der Waals surface area contributed by atoms with Crippen LogP contribution in [0.3, 0.4) is 0 Å². The van der Waals surface area contributed by atoms with E-state index in [4.69, 9.17) is 0 Å². The molecule has 6 aromatic carbocycles. The lowest BCUT2D eigenvalue weighted by atomic mass is 9.77. The van der Waals surface area contributed by atoms with Crippen LogP contribution in [0.5, 0.6) is 0 Å². The molecule has 0 aliphatic carbocycles. The highest BCUT2D eigenvalue weighted by Crippen LogP contribution is 2.50. The van der Waals surface area contributed by atoms with E-state index in [1.807, 2.05) is 11.3 Å². The molecule has 7 heterocycles. The van der Waals surface area contributed by atoms with Crippen molar-refractivity contribution in [2.24, 2.45) is 0 Å². The first-order chi connectivity index (χ1) is 27.3. The summed E-state index contributed by atoms with van der Waals surface area (Å²) in [6, 6.07) is 57.0. The number of allylic oxidation sites excluding steroid dienone is 1. The molecule has 11 aromatic rings. The zero-order chi connectivity index (χ0) is 35.8. The molecule has 256 valence electrons. The first-order valence-electron chi connectivity index (χ1n) is 19.2. The number of thiophene rings is 1. The van der Waals surface area contributed by atoms with Gasteiger partial charge >= 0.3 is 0 Å². The lowest BCUT2D eigenvalue weighted by molar-refractivity contribution is -0.708. The van der Waals surface area contributed by atoms with Crippen LogP contribution >= 0.6 is 11.3 Å². The molecule has 0 saturated carbocycles. The topological polar surface area (TPSA) is 12.2 Å². The molecule has 0 bridgehead atoms. The number of nitrogens with zero attached hydrogens (tertiary/aromatic N) is 3. The smallest absolute Gasteiger partial charge is 0.218 e. The Bertz CT molecular complexity index is 3420. The minimum Gasteiger partial charge on any atom is -0.307 e. The molecule has 2 unspecified atom stereocenters. The molecule has 0 spiro atoms. The second kappa shape index (κ2) is 11.0. The van der Waals surface area contributed by atoms with E-state index in [0.29, 0.717) is 0 Å². The van der Waals surface area contributed by atoms with Crippen molar-refractivity contribution in [3.05, 3.63) is 181 Å². The van der Waals surface area contributed by atoms with Crippen LogP contribution in [-0.4, -0.2) is 4.40 Å². The molecule has 13 rings (SSSR count). The number of rotatable bonds is 1. The van der Waals surface area contributed by atoms with Gasteiger partial charge in [0, 0.05) is 72.4 Å². The Balaban J connectivity index is 1.23. The minimum absolute atomic E-state index is 0.0908. The van der Waals surface area contributed by atoms with Crippen molar-refractivity contribution in [1.29, 1.82) is 0 Å². The summed E-state index contributed by atoms with van der Waals surface area (Å²) in [5.41, 5.74) is 14.2. The fourth-order valence-corrected chi connectivity index (χ4v) is 11.5. The van der Waals surface area contributed by atoms with Crippen molar-refractivity contribution in [2.45, 2.75) is 18.4 Å². The Hall–Kier alpha value is -6.62. The highest BCUT2D eigenvalue weighted by Gasteiger charge is 2.43. The van der Waals surface area contributed by atoms with E-state index < -0.39 is 0 Å². The number of hydrogen-bond acceptors (Lipinski definition) is 1. The number of benzene rings is 6. The van der Waals surface area contributed by atoms with Crippen LogP contribution in [0, 0.1) is 0 Å². The monoisotopic (exact) mass is 719 g/mol. The SMILES string of the molecule is C1=C/[n+]2ccccc2-c2cc3c4cc(-c5ccccc5)cc5c6ccc7c8ccccc8sc7c6n(c3cc2C2C(C/1)c1ccccc1-c1cccc[n+]12)c45. The summed E-state index contributed by atoms with van der Waals surface area (Å²) in [6.45, 7) is 0. The van der Waals surface area contributed by atoms with Crippen LogP contribution in [0.4, 0.5) is 0 Å². The fourth-order valence-electron chi connectivity index (χ4n) is 10.2. The summed E-state index contributed by atoms with van der Waals surface area (Å²) in [4.78, 5) is 0. The Morgan fingerprint density at radius 1 is 0.527 bits per heavy atom. The maximum Gasteiger partial charge on any atom is 0.218 e. The molecule has 3 nitrogen and oxygen atoms in total. The van der Waals surface area contributed by atoms with Crippen LogP contribution in [0.2, 0.25) is 0 Å². The van der Waals surface area contributed by atoms with Gasteiger partial charge in [-0.2, -0.15) is 9.13 Å². The van der Waals surface area contributed by atoms with E-state index in [9.17, 15) is 0 Å². The molecular formula is C51H33N3S+2. The van der Waals surface area contributed by atoms with Gasteiger partial charge in [-0.05, 0) is 77.7 Å². The molecule has 55 heavy (non-hydrogen) atoms. The van der Waals surface area contributed by atoms with Crippen molar-refractivity contribution in [2.75, 3.05) is 0 Å². The van der Waals surface area contributed by atoms with Crippen molar-refractivity contribution >= 4 is 75.8 Å². The lowest BCUT2D eigenvalue weighted by Gasteiger charge is -2.30. The molecule has 5 aromatic heterocycles. The molecule has 0 amide bonds. The summed E-state index contributed by atoms with van der Waals surface area (Å²) in [5, 5.41) is 7.89. The summed E-state index contributed by atoms with van der Waals surface area (Å²) in [5.74, 6) is 0.253. The molecule has 2 atom stereocenters. The predicted octanol–water partition coefficient (Wildman–Crippen LogP) is 12.3. The minimum atomic E-state index is 0.0908. The second-order valence-corrected chi connectivity index (χ2v) is 16.3. The van der Waals surface area contributed by atoms with Gasteiger partial charge in [0.05, 0.1) is 32.7 Å².